The fourth-order valence-electron chi connectivity index (χ4n) is 1.04. The Bertz CT molecular complexity index is 257. The minimum Gasteiger partial charge on any atom is -0.384 e. The predicted octanol–water partition coefficient (Wildman–Crippen LogP) is 2.39. The van der Waals surface area contributed by atoms with E-state index in [9.17, 15) is 0 Å². The van der Waals surface area contributed by atoms with Crippen LogP contribution in [0.1, 0.15) is 20.8 Å². The molecule has 0 aliphatic carbocycles. The fourth-order valence-corrected chi connectivity index (χ4v) is 1.04. The van der Waals surface area contributed by atoms with Gasteiger partial charge in [0.1, 0.15) is 5.84 Å². The van der Waals surface area contributed by atoms with E-state index in [0.29, 0.717) is 0 Å². The van der Waals surface area contributed by atoms with E-state index in [1.54, 1.807) is 0 Å². The number of nitrogens with one attached hydrogen (secondary N) is 1. The molecule has 0 aliphatic heterocycles. The highest BCUT2D eigenvalue weighted by molar-refractivity contribution is 5.98. The van der Waals surface area contributed by atoms with Crippen molar-refractivity contribution in [2.45, 2.75) is 20.8 Å². The van der Waals surface area contributed by atoms with Gasteiger partial charge in [-0.3, -0.25) is 5.41 Å². The molecule has 12 heavy (non-hydrogen) atoms. The maximum absolute atomic E-state index is 7.27. The van der Waals surface area contributed by atoms with E-state index in [1.807, 2.05) is 32.9 Å². The van der Waals surface area contributed by atoms with Crippen molar-refractivity contribution in [2.75, 3.05) is 0 Å². The fraction of sp³-hybridized carbons (Fsp3) is 0.300. The van der Waals surface area contributed by atoms with Crippen LogP contribution in [0.25, 0.3) is 0 Å². The zero-order chi connectivity index (χ0) is 9.72. The standard InChI is InChI=1S/C10H16N2/c1-5-9(10(11)12)8(4)6-7(2)3/h5-6H,2H2,1,3-4H3,(H3,11,12)/b8-6-,9-5+. The van der Waals surface area contributed by atoms with Crippen LogP contribution in [0.4, 0.5) is 0 Å². The van der Waals surface area contributed by atoms with E-state index in [4.69, 9.17) is 11.1 Å². The van der Waals surface area contributed by atoms with Gasteiger partial charge < -0.3 is 5.73 Å². The molecular formula is C10H16N2. The second-order valence-corrected chi connectivity index (χ2v) is 2.79. The van der Waals surface area contributed by atoms with Gasteiger partial charge in [0.05, 0.1) is 0 Å². The van der Waals surface area contributed by atoms with Gasteiger partial charge in [-0.25, -0.2) is 0 Å². The summed E-state index contributed by atoms with van der Waals surface area (Å²) in [5, 5.41) is 7.27. The lowest BCUT2D eigenvalue weighted by Crippen LogP contribution is -2.13. The molecule has 0 aromatic carbocycles. The quantitative estimate of drug-likeness (QED) is 0.375. The number of allylic oxidation sites excluding steroid dienone is 3. The monoisotopic (exact) mass is 164 g/mol. The normalized spacial score (nSPS) is 12.9. The van der Waals surface area contributed by atoms with Crippen LogP contribution in [0.5, 0.6) is 0 Å². The van der Waals surface area contributed by atoms with Crippen molar-refractivity contribution in [1.29, 1.82) is 5.41 Å². The molecule has 0 amide bonds. The van der Waals surface area contributed by atoms with E-state index >= 15 is 0 Å². The van der Waals surface area contributed by atoms with Gasteiger partial charge in [0, 0.05) is 5.57 Å². The number of hydrogen-bond donors (Lipinski definition) is 2. The highest BCUT2D eigenvalue weighted by Gasteiger charge is 2.00. The lowest BCUT2D eigenvalue weighted by atomic mass is 10.0. The lowest BCUT2D eigenvalue weighted by molar-refractivity contribution is 1.34. The molecule has 0 aromatic rings. The molecule has 0 aliphatic rings. The van der Waals surface area contributed by atoms with Crippen LogP contribution in [-0.2, 0) is 0 Å². The van der Waals surface area contributed by atoms with Crippen molar-refractivity contribution >= 4 is 5.84 Å². The Hall–Kier alpha value is -1.31. The van der Waals surface area contributed by atoms with Gasteiger partial charge >= 0.3 is 0 Å². The summed E-state index contributed by atoms with van der Waals surface area (Å²) in [6.45, 7) is 9.46. The highest BCUT2D eigenvalue weighted by atomic mass is 14.7. The molecule has 2 nitrogen and oxygen atoms in total. The van der Waals surface area contributed by atoms with Crippen molar-refractivity contribution in [3.63, 3.8) is 0 Å². The minimum atomic E-state index is 0.104. The Kier molecular flexibility index (Phi) is 4.05. The largest absolute Gasteiger partial charge is 0.384 e. The second-order valence-electron chi connectivity index (χ2n) is 2.79. The number of nitrogens with two attached hydrogens (primary N) is 1. The lowest BCUT2D eigenvalue weighted by Gasteiger charge is -2.04. The first-order chi connectivity index (χ1) is 5.49. The topological polar surface area (TPSA) is 49.9 Å². The van der Waals surface area contributed by atoms with Gasteiger partial charge in [0.2, 0.25) is 0 Å². The summed E-state index contributed by atoms with van der Waals surface area (Å²) in [5.74, 6) is 0.104. The molecule has 0 aromatic heterocycles. The molecule has 0 bridgehead atoms. The number of amidine groups is 1. The van der Waals surface area contributed by atoms with Gasteiger partial charge in [0.25, 0.3) is 0 Å². The molecule has 66 valence electrons. The maximum Gasteiger partial charge on any atom is 0.122 e. The first-order valence-electron chi connectivity index (χ1n) is 3.84. The molecule has 3 N–H and O–H groups in total. The van der Waals surface area contributed by atoms with Crippen LogP contribution < -0.4 is 5.73 Å². The van der Waals surface area contributed by atoms with Crippen LogP contribution in [0, 0.1) is 5.41 Å². The van der Waals surface area contributed by atoms with Crippen molar-refractivity contribution in [3.8, 4) is 0 Å². The molecule has 0 fully saturated rings. The zero-order valence-electron chi connectivity index (χ0n) is 7.94. The summed E-state index contributed by atoms with van der Waals surface area (Å²) in [5.41, 5.74) is 8.09. The summed E-state index contributed by atoms with van der Waals surface area (Å²) in [7, 11) is 0. The van der Waals surface area contributed by atoms with Crippen LogP contribution >= 0.6 is 0 Å². The summed E-state index contributed by atoms with van der Waals surface area (Å²) >= 11 is 0. The van der Waals surface area contributed by atoms with Crippen molar-refractivity contribution in [3.05, 3.63) is 35.5 Å². The average Bonchev–Trinajstić information content (AvgIpc) is 1.85. The smallest absolute Gasteiger partial charge is 0.122 e. The van der Waals surface area contributed by atoms with E-state index in [-0.39, 0.29) is 5.84 Å². The third-order valence-electron chi connectivity index (χ3n) is 1.47. The molecule has 0 saturated carbocycles. The number of rotatable bonds is 3. The van der Waals surface area contributed by atoms with Gasteiger partial charge in [-0.15, -0.1) is 0 Å². The van der Waals surface area contributed by atoms with E-state index in [2.05, 4.69) is 6.58 Å². The van der Waals surface area contributed by atoms with Gasteiger partial charge in [0.15, 0.2) is 0 Å². The second kappa shape index (κ2) is 4.54. The average molecular weight is 164 g/mol. The Balaban J connectivity index is 4.78. The first kappa shape index (κ1) is 10.7. The van der Waals surface area contributed by atoms with E-state index in [1.165, 1.54) is 0 Å². The Morgan fingerprint density at radius 2 is 1.92 bits per heavy atom. The first-order valence-corrected chi connectivity index (χ1v) is 3.84. The molecule has 0 spiro atoms. The molecule has 0 radical (unpaired) electrons. The third kappa shape index (κ3) is 3.19. The molecule has 0 heterocycles. The predicted molar refractivity (Wildman–Crippen MR) is 54.2 cm³/mol. The third-order valence-corrected chi connectivity index (χ3v) is 1.47. The van der Waals surface area contributed by atoms with Crippen LogP contribution in [-0.4, -0.2) is 5.84 Å². The molecular weight excluding hydrogens is 148 g/mol. The van der Waals surface area contributed by atoms with E-state index in [0.717, 1.165) is 16.7 Å². The van der Waals surface area contributed by atoms with Gasteiger partial charge in [-0.2, -0.15) is 0 Å². The van der Waals surface area contributed by atoms with Crippen LogP contribution in [0.2, 0.25) is 0 Å². The summed E-state index contributed by atoms with van der Waals surface area (Å²) in [6, 6.07) is 0. The van der Waals surface area contributed by atoms with Crippen LogP contribution in [0.3, 0.4) is 0 Å². The Morgan fingerprint density at radius 1 is 1.42 bits per heavy atom. The number of hydrogen-bond acceptors (Lipinski definition) is 1. The SMILES string of the molecule is C=C(C)/C=C(C)\C(=C/C)C(=N)N. The van der Waals surface area contributed by atoms with Gasteiger partial charge in [-0.1, -0.05) is 24.3 Å². The van der Waals surface area contributed by atoms with E-state index < -0.39 is 0 Å². The summed E-state index contributed by atoms with van der Waals surface area (Å²) in [6.07, 6.45) is 3.74. The van der Waals surface area contributed by atoms with Crippen molar-refractivity contribution < 1.29 is 0 Å². The summed E-state index contributed by atoms with van der Waals surface area (Å²) < 4.78 is 0. The van der Waals surface area contributed by atoms with Crippen molar-refractivity contribution in [2.24, 2.45) is 5.73 Å². The van der Waals surface area contributed by atoms with Gasteiger partial charge in [-0.05, 0) is 26.3 Å². The van der Waals surface area contributed by atoms with Crippen LogP contribution in [0.15, 0.2) is 35.5 Å². The zero-order valence-corrected chi connectivity index (χ0v) is 7.94. The summed E-state index contributed by atoms with van der Waals surface area (Å²) in [4.78, 5) is 0. The molecule has 0 unspecified atom stereocenters. The highest BCUT2D eigenvalue weighted by Crippen LogP contribution is 2.10. The molecule has 2 heteroatoms. The van der Waals surface area contributed by atoms with Crippen molar-refractivity contribution in [1.82, 2.24) is 0 Å². The molecule has 0 atom stereocenters. The molecule has 0 saturated heterocycles. The Labute approximate surface area is 74.0 Å². The minimum absolute atomic E-state index is 0.104. The maximum atomic E-state index is 7.27. The molecule has 0 rings (SSSR count). The Morgan fingerprint density at radius 3 is 2.17 bits per heavy atom.